The largest absolute Gasteiger partial charge is 0.472 e. The lowest BCUT2D eigenvalue weighted by Gasteiger charge is -2.36. The van der Waals surface area contributed by atoms with E-state index in [4.69, 9.17) is 4.42 Å². The van der Waals surface area contributed by atoms with E-state index in [1.165, 1.54) is 5.56 Å². The number of benzene rings is 1. The van der Waals surface area contributed by atoms with Crippen LogP contribution in [0.2, 0.25) is 0 Å². The second kappa shape index (κ2) is 7.99. The van der Waals surface area contributed by atoms with E-state index < -0.39 is 0 Å². The minimum Gasteiger partial charge on any atom is -0.472 e. The summed E-state index contributed by atoms with van der Waals surface area (Å²) < 4.78 is 7.42. The standard InChI is InChI=1S/C23H25N3O3/c1-16-5-6-19(14-17(16)2)24-21(27)7-8-22(28)26-12-11-25-10-3-4-20(25)23(26)18-9-13-29-15-18/h3-6,9-10,13-15,23H,7-8,11-12H2,1-2H3,(H,24,27)/t23-/m1/s1. The van der Waals surface area contributed by atoms with Gasteiger partial charge >= 0.3 is 0 Å². The molecule has 0 bridgehead atoms. The number of rotatable bonds is 5. The molecule has 6 heteroatoms. The average molecular weight is 391 g/mol. The summed E-state index contributed by atoms with van der Waals surface area (Å²) in [6, 6.07) is 11.5. The van der Waals surface area contributed by atoms with Gasteiger partial charge in [-0.1, -0.05) is 6.07 Å². The summed E-state index contributed by atoms with van der Waals surface area (Å²) in [5.74, 6) is -0.180. The molecule has 0 unspecified atom stereocenters. The lowest BCUT2D eigenvalue weighted by atomic mass is 10.0. The zero-order valence-corrected chi connectivity index (χ0v) is 16.7. The van der Waals surface area contributed by atoms with Gasteiger partial charge in [0.2, 0.25) is 11.8 Å². The number of aromatic nitrogens is 1. The summed E-state index contributed by atoms with van der Waals surface area (Å²) in [6.07, 6.45) is 5.66. The highest BCUT2D eigenvalue weighted by Crippen LogP contribution is 2.33. The Morgan fingerprint density at radius 2 is 1.97 bits per heavy atom. The second-order valence-electron chi connectivity index (χ2n) is 7.52. The third kappa shape index (κ3) is 3.97. The van der Waals surface area contributed by atoms with Gasteiger partial charge in [-0.25, -0.2) is 0 Å². The number of carbonyl (C=O) groups excluding carboxylic acids is 2. The number of aryl methyl sites for hydroxylation is 2. The first-order valence-corrected chi connectivity index (χ1v) is 9.86. The Labute approximate surface area is 170 Å². The zero-order chi connectivity index (χ0) is 20.4. The number of carbonyl (C=O) groups is 2. The molecular weight excluding hydrogens is 366 g/mol. The zero-order valence-electron chi connectivity index (χ0n) is 16.7. The van der Waals surface area contributed by atoms with Gasteiger partial charge in [-0.3, -0.25) is 9.59 Å². The number of nitrogens with zero attached hydrogens (tertiary/aromatic N) is 2. The van der Waals surface area contributed by atoms with Gasteiger partial charge in [0.15, 0.2) is 0 Å². The van der Waals surface area contributed by atoms with Crippen LogP contribution in [0.5, 0.6) is 0 Å². The monoisotopic (exact) mass is 391 g/mol. The van der Waals surface area contributed by atoms with Gasteiger partial charge in [0.05, 0.1) is 12.5 Å². The van der Waals surface area contributed by atoms with Gasteiger partial charge in [0, 0.05) is 49.1 Å². The van der Waals surface area contributed by atoms with Crippen LogP contribution in [-0.2, 0) is 16.1 Å². The van der Waals surface area contributed by atoms with Gasteiger partial charge in [-0.15, -0.1) is 0 Å². The Morgan fingerprint density at radius 3 is 2.72 bits per heavy atom. The van der Waals surface area contributed by atoms with Crippen molar-refractivity contribution in [1.29, 1.82) is 0 Å². The lowest BCUT2D eigenvalue weighted by molar-refractivity contribution is -0.135. The summed E-state index contributed by atoms with van der Waals surface area (Å²) in [4.78, 5) is 27.2. The molecule has 1 N–H and O–H groups in total. The van der Waals surface area contributed by atoms with Crippen molar-refractivity contribution in [2.45, 2.75) is 39.3 Å². The Bertz CT molecular complexity index is 1020. The molecule has 1 aromatic carbocycles. The van der Waals surface area contributed by atoms with E-state index in [2.05, 4.69) is 9.88 Å². The Kier molecular flexibility index (Phi) is 5.25. The summed E-state index contributed by atoms with van der Waals surface area (Å²) in [5.41, 5.74) is 5.07. The highest BCUT2D eigenvalue weighted by Gasteiger charge is 2.32. The molecule has 1 aliphatic heterocycles. The van der Waals surface area contributed by atoms with E-state index in [9.17, 15) is 9.59 Å². The molecule has 0 spiro atoms. The molecular formula is C23H25N3O3. The van der Waals surface area contributed by atoms with Gasteiger partial charge in [-0.05, 0) is 55.3 Å². The third-order valence-corrected chi connectivity index (χ3v) is 5.57. The Morgan fingerprint density at radius 1 is 1.10 bits per heavy atom. The normalized spacial score (nSPS) is 15.8. The molecule has 2 amide bonds. The van der Waals surface area contributed by atoms with Gasteiger partial charge in [0.25, 0.3) is 0 Å². The van der Waals surface area contributed by atoms with Crippen molar-refractivity contribution < 1.29 is 14.0 Å². The number of hydrogen-bond acceptors (Lipinski definition) is 3. The minimum absolute atomic E-state index is 0.0288. The molecule has 0 saturated heterocycles. The summed E-state index contributed by atoms with van der Waals surface area (Å²) in [5, 5.41) is 2.89. The predicted molar refractivity (Wildman–Crippen MR) is 110 cm³/mol. The van der Waals surface area contributed by atoms with E-state index in [1.54, 1.807) is 12.5 Å². The molecule has 1 atom stereocenters. The van der Waals surface area contributed by atoms with E-state index in [1.807, 2.05) is 61.3 Å². The van der Waals surface area contributed by atoms with Crippen molar-refractivity contribution >= 4 is 17.5 Å². The molecule has 2 aromatic heterocycles. The van der Waals surface area contributed by atoms with E-state index in [0.29, 0.717) is 6.54 Å². The molecule has 150 valence electrons. The number of anilines is 1. The fraction of sp³-hybridized carbons (Fsp3) is 0.304. The van der Waals surface area contributed by atoms with Crippen molar-refractivity contribution in [3.05, 3.63) is 77.5 Å². The highest BCUT2D eigenvalue weighted by molar-refractivity contribution is 5.93. The maximum Gasteiger partial charge on any atom is 0.224 e. The van der Waals surface area contributed by atoms with Crippen LogP contribution >= 0.6 is 0 Å². The number of amides is 2. The number of nitrogens with one attached hydrogen (secondary N) is 1. The predicted octanol–water partition coefficient (Wildman–Crippen LogP) is 4.05. The maximum atomic E-state index is 13.0. The van der Waals surface area contributed by atoms with Crippen LogP contribution in [0.1, 0.15) is 41.3 Å². The number of fused-ring (bicyclic) bond motifs is 1. The molecule has 3 aromatic rings. The molecule has 1 aliphatic rings. The first-order chi connectivity index (χ1) is 14.0. The molecule has 4 rings (SSSR count). The van der Waals surface area contributed by atoms with Crippen LogP contribution in [0, 0.1) is 13.8 Å². The SMILES string of the molecule is Cc1ccc(NC(=O)CCC(=O)N2CCn3cccc3[C@H]2c2ccoc2)cc1C. The van der Waals surface area contributed by atoms with E-state index >= 15 is 0 Å². The maximum absolute atomic E-state index is 13.0. The van der Waals surface area contributed by atoms with Crippen molar-refractivity contribution in [1.82, 2.24) is 9.47 Å². The molecule has 3 heterocycles. The highest BCUT2D eigenvalue weighted by atomic mass is 16.3. The Hall–Kier alpha value is -3.28. The van der Waals surface area contributed by atoms with Crippen LogP contribution in [0.25, 0.3) is 0 Å². The second-order valence-corrected chi connectivity index (χ2v) is 7.52. The van der Waals surface area contributed by atoms with Gasteiger partial charge < -0.3 is 19.2 Å². The van der Waals surface area contributed by atoms with Gasteiger partial charge in [0.1, 0.15) is 6.04 Å². The third-order valence-electron chi connectivity index (χ3n) is 5.57. The topological polar surface area (TPSA) is 67.5 Å². The molecule has 0 radical (unpaired) electrons. The van der Waals surface area contributed by atoms with Crippen molar-refractivity contribution in [2.75, 3.05) is 11.9 Å². The minimum atomic E-state index is -0.187. The van der Waals surface area contributed by atoms with Crippen molar-refractivity contribution in [2.24, 2.45) is 0 Å². The summed E-state index contributed by atoms with van der Waals surface area (Å²) >= 11 is 0. The number of furan rings is 1. The molecule has 0 aliphatic carbocycles. The van der Waals surface area contributed by atoms with E-state index in [0.717, 1.165) is 29.1 Å². The van der Waals surface area contributed by atoms with Crippen LogP contribution in [0.4, 0.5) is 5.69 Å². The van der Waals surface area contributed by atoms with Crippen molar-refractivity contribution in [3.8, 4) is 0 Å². The molecule has 0 saturated carbocycles. The van der Waals surface area contributed by atoms with Crippen molar-refractivity contribution in [3.63, 3.8) is 0 Å². The quantitative estimate of drug-likeness (QED) is 0.713. The van der Waals surface area contributed by atoms with Crippen LogP contribution < -0.4 is 5.32 Å². The van der Waals surface area contributed by atoms with Crippen LogP contribution in [-0.4, -0.2) is 27.8 Å². The number of hydrogen-bond donors (Lipinski definition) is 1. The van der Waals surface area contributed by atoms with Gasteiger partial charge in [-0.2, -0.15) is 0 Å². The Balaban J connectivity index is 1.42. The van der Waals surface area contributed by atoms with Crippen LogP contribution in [0.15, 0.2) is 59.5 Å². The fourth-order valence-electron chi connectivity index (χ4n) is 3.84. The summed E-state index contributed by atoms with van der Waals surface area (Å²) in [7, 11) is 0. The average Bonchev–Trinajstić information content (AvgIpc) is 3.40. The van der Waals surface area contributed by atoms with E-state index in [-0.39, 0.29) is 30.7 Å². The summed E-state index contributed by atoms with van der Waals surface area (Å²) in [6.45, 7) is 5.40. The fourth-order valence-corrected chi connectivity index (χ4v) is 3.84. The first-order valence-electron chi connectivity index (χ1n) is 9.86. The smallest absolute Gasteiger partial charge is 0.224 e. The lowest BCUT2D eigenvalue weighted by Crippen LogP contribution is -2.42. The van der Waals surface area contributed by atoms with Crippen LogP contribution in [0.3, 0.4) is 0 Å². The molecule has 0 fully saturated rings. The first kappa shape index (κ1) is 19.1. The molecule has 6 nitrogen and oxygen atoms in total. The molecule has 29 heavy (non-hydrogen) atoms.